The molecule has 0 bridgehead atoms. The van der Waals surface area contributed by atoms with E-state index in [0.717, 1.165) is 23.9 Å². The second-order valence-electron chi connectivity index (χ2n) is 6.23. The molecule has 28 heavy (non-hydrogen) atoms. The topological polar surface area (TPSA) is 64.9 Å². The number of rotatable bonds is 5. The predicted molar refractivity (Wildman–Crippen MR) is 103 cm³/mol. The Morgan fingerprint density at radius 2 is 1.82 bits per heavy atom. The number of benzene rings is 2. The Bertz CT molecular complexity index is 929. The van der Waals surface area contributed by atoms with Crippen LogP contribution in [0.2, 0.25) is 5.02 Å². The fourth-order valence-corrected chi connectivity index (χ4v) is 2.50. The highest BCUT2D eigenvalue weighted by Crippen LogP contribution is 2.36. The van der Waals surface area contributed by atoms with Gasteiger partial charge in [0.25, 0.3) is 5.91 Å². The van der Waals surface area contributed by atoms with E-state index in [1.807, 2.05) is 26.0 Å². The zero-order valence-electron chi connectivity index (χ0n) is 15.1. The van der Waals surface area contributed by atoms with Gasteiger partial charge in [0, 0.05) is 16.9 Å². The lowest BCUT2D eigenvalue weighted by Crippen LogP contribution is -2.15. The van der Waals surface area contributed by atoms with Crippen molar-refractivity contribution in [3.63, 3.8) is 0 Å². The summed E-state index contributed by atoms with van der Waals surface area (Å²) >= 11 is 5.62. The molecule has 2 aromatic carbocycles. The number of nitriles is 1. The zero-order chi connectivity index (χ0) is 20.9. The minimum atomic E-state index is -4.64. The first kappa shape index (κ1) is 21.3. The molecular weight excluding hydrogens is 391 g/mol. The monoisotopic (exact) mass is 407 g/mol. The molecule has 2 N–H and O–H groups in total. The van der Waals surface area contributed by atoms with Crippen LogP contribution in [-0.2, 0) is 11.0 Å². The highest BCUT2D eigenvalue weighted by atomic mass is 35.5. The van der Waals surface area contributed by atoms with E-state index in [-0.39, 0.29) is 16.3 Å². The summed E-state index contributed by atoms with van der Waals surface area (Å²) in [5.74, 6) is -0.416. The third-order valence-electron chi connectivity index (χ3n) is 3.86. The van der Waals surface area contributed by atoms with E-state index in [0.29, 0.717) is 11.6 Å². The van der Waals surface area contributed by atoms with Crippen LogP contribution in [0.15, 0.2) is 54.2 Å². The number of hydrogen-bond acceptors (Lipinski definition) is 3. The van der Waals surface area contributed by atoms with Crippen molar-refractivity contribution >= 4 is 28.9 Å². The van der Waals surface area contributed by atoms with E-state index in [9.17, 15) is 23.2 Å². The second-order valence-corrected chi connectivity index (χ2v) is 6.67. The predicted octanol–water partition coefficient (Wildman–Crippen LogP) is 5.94. The molecule has 0 heterocycles. The van der Waals surface area contributed by atoms with Gasteiger partial charge in [-0.1, -0.05) is 37.6 Å². The van der Waals surface area contributed by atoms with E-state index in [1.54, 1.807) is 18.2 Å². The van der Waals surface area contributed by atoms with Crippen LogP contribution in [-0.4, -0.2) is 5.91 Å². The van der Waals surface area contributed by atoms with Gasteiger partial charge in [0.05, 0.1) is 11.3 Å². The standard InChI is InChI=1S/C20H17ClF3N3O/c1-12(2)13-3-6-16(7-4-13)27-19(28)14(10-25)11-26-18-8-5-15(21)9-17(18)20(22,23)24/h3-9,11-12,26H,1-2H3,(H,27,28)/b14-11-. The van der Waals surface area contributed by atoms with Crippen LogP contribution in [0.1, 0.15) is 30.9 Å². The third-order valence-corrected chi connectivity index (χ3v) is 4.09. The SMILES string of the molecule is CC(C)c1ccc(NC(=O)/C(C#N)=C\Nc2ccc(Cl)cc2C(F)(F)F)cc1. The van der Waals surface area contributed by atoms with Crippen molar-refractivity contribution in [1.29, 1.82) is 5.26 Å². The van der Waals surface area contributed by atoms with Gasteiger partial charge < -0.3 is 10.6 Å². The lowest BCUT2D eigenvalue weighted by atomic mass is 10.0. The summed E-state index contributed by atoms with van der Waals surface area (Å²) < 4.78 is 39.3. The van der Waals surface area contributed by atoms with Crippen LogP contribution in [0.3, 0.4) is 0 Å². The summed E-state index contributed by atoms with van der Waals surface area (Å²) in [6.07, 6.45) is -3.72. The lowest BCUT2D eigenvalue weighted by molar-refractivity contribution is -0.136. The molecular formula is C20H17ClF3N3O. The van der Waals surface area contributed by atoms with E-state index >= 15 is 0 Å². The maximum Gasteiger partial charge on any atom is 0.418 e. The first-order valence-corrected chi connectivity index (χ1v) is 8.64. The first-order valence-electron chi connectivity index (χ1n) is 8.26. The lowest BCUT2D eigenvalue weighted by Gasteiger charge is -2.13. The molecule has 2 aromatic rings. The van der Waals surface area contributed by atoms with Crippen LogP contribution in [0.25, 0.3) is 0 Å². The Kier molecular flexibility index (Phi) is 6.71. The maximum absolute atomic E-state index is 13.1. The highest BCUT2D eigenvalue weighted by molar-refractivity contribution is 6.30. The molecule has 8 heteroatoms. The van der Waals surface area contributed by atoms with Crippen molar-refractivity contribution in [2.24, 2.45) is 0 Å². The molecule has 0 radical (unpaired) electrons. The number of nitrogens with one attached hydrogen (secondary N) is 2. The van der Waals surface area contributed by atoms with Gasteiger partial charge in [-0.05, 0) is 41.8 Å². The molecule has 0 aliphatic carbocycles. The Morgan fingerprint density at radius 3 is 2.36 bits per heavy atom. The van der Waals surface area contributed by atoms with Crippen molar-refractivity contribution in [2.75, 3.05) is 10.6 Å². The van der Waals surface area contributed by atoms with Crippen LogP contribution in [0.5, 0.6) is 0 Å². The van der Waals surface area contributed by atoms with E-state index in [4.69, 9.17) is 11.6 Å². The third kappa shape index (κ3) is 5.51. The van der Waals surface area contributed by atoms with Crippen LogP contribution in [0.4, 0.5) is 24.5 Å². The van der Waals surface area contributed by atoms with Crippen LogP contribution >= 0.6 is 11.6 Å². The normalized spacial score (nSPS) is 11.9. The molecule has 2 rings (SSSR count). The number of anilines is 2. The summed E-state index contributed by atoms with van der Waals surface area (Å²) in [5.41, 5.74) is -0.149. The van der Waals surface area contributed by atoms with Crippen LogP contribution in [0, 0.1) is 11.3 Å². The fraction of sp³-hybridized carbons (Fsp3) is 0.200. The van der Waals surface area contributed by atoms with Gasteiger partial charge in [-0.15, -0.1) is 0 Å². The summed E-state index contributed by atoms with van der Waals surface area (Å²) in [7, 11) is 0. The molecule has 146 valence electrons. The van der Waals surface area contributed by atoms with E-state index in [1.165, 1.54) is 6.07 Å². The van der Waals surface area contributed by atoms with Gasteiger partial charge in [-0.3, -0.25) is 4.79 Å². The minimum Gasteiger partial charge on any atom is -0.360 e. The van der Waals surface area contributed by atoms with Crippen molar-refractivity contribution < 1.29 is 18.0 Å². The van der Waals surface area contributed by atoms with Gasteiger partial charge in [0.2, 0.25) is 0 Å². The van der Waals surface area contributed by atoms with Crippen molar-refractivity contribution in [3.8, 4) is 6.07 Å². The highest BCUT2D eigenvalue weighted by Gasteiger charge is 2.33. The Labute approximate surface area is 165 Å². The van der Waals surface area contributed by atoms with E-state index in [2.05, 4.69) is 10.6 Å². The molecule has 0 aliphatic heterocycles. The van der Waals surface area contributed by atoms with Gasteiger partial charge >= 0.3 is 6.18 Å². The number of nitrogens with zero attached hydrogens (tertiary/aromatic N) is 1. The molecule has 0 saturated carbocycles. The largest absolute Gasteiger partial charge is 0.418 e. The summed E-state index contributed by atoms with van der Waals surface area (Å²) in [6, 6.07) is 11.9. The average molecular weight is 408 g/mol. The number of amides is 1. The summed E-state index contributed by atoms with van der Waals surface area (Å²) in [4.78, 5) is 12.2. The molecule has 0 saturated heterocycles. The zero-order valence-corrected chi connectivity index (χ0v) is 15.8. The van der Waals surface area contributed by atoms with Gasteiger partial charge in [-0.25, -0.2) is 0 Å². The first-order chi connectivity index (χ1) is 13.1. The van der Waals surface area contributed by atoms with Crippen molar-refractivity contribution in [3.05, 3.63) is 70.4 Å². The second kappa shape index (κ2) is 8.81. The van der Waals surface area contributed by atoms with Crippen molar-refractivity contribution in [1.82, 2.24) is 0 Å². The van der Waals surface area contributed by atoms with Gasteiger partial charge in [0.1, 0.15) is 11.6 Å². The molecule has 1 amide bonds. The number of halogens is 4. The molecule has 0 unspecified atom stereocenters. The summed E-state index contributed by atoms with van der Waals surface area (Å²) in [6.45, 7) is 4.06. The Morgan fingerprint density at radius 1 is 1.18 bits per heavy atom. The van der Waals surface area contributed by atoms with Crippen LogP contribution < -0.4 is 10.6 Å². The number of carbonyl (C=O) groups excluding carboxylic acids is 1. The Balaban J connectivity index is 2.18. The molecule has 0 aromatic heterocycles. The average Bonchev–Trinajstić information content (AvgIpc) is 2.62. The molecule has 0 spiro atoms. The molecule has 0 aliphatic rings. The molecule has 0 atom stereocenters. The van der Waals surface area contributed by atoms with Crippen molar-refractivity contribution in [2.45, 2.75) is 25.9 Å². The van der Waals surface area contributed by atoms with E-state index < -0.39 is 17.6 Å². The molecule has 0 fully saturated rings. The fourth-order valence-electron chi connectivity index (χ4n) is 2.33. The maximum atomic E-state index is 13.1. The summed E-state index contributed by atoms with van der Waals surface area (Å²) in [5, 5.41) is 14.0. The number of hydrogen-bond donors (Lipinski definition) is 2. The quantitative estimate of drug-likeness (QED) is 0.476. The Hall–Kier alpha value is -2.98. The molecule has 4 nitrogen and oxygen atoms in total. The smallest absolute Gasteiger partial charge is 0.360 e. The number of alkyl halides is 3. The number of carbonyl (C=O) groups is 1. The minimum absolute atomic E-state index is 0.0788. The van der Waals surface area contributed by atoms with Gasteiger partial charge in [0.15, 0.2) is 0 Å². The van der Waals surface area contributed by atoms with Gasteiger partial charge in [-0.2, -0.15) is 18.4 Å².